The van der Waals surface area contributed by atoms with Gasteiger partial charge in [0.15, 0.2) is 5.78 Å². The molecule has 0 spiro atoms. The van der Waals surface area contributed by atoms with Crippen molar-refractivity contribution < 1.29 is 38.2 Å². The topological polar surface area (TPSA) is 169 Å². The molecule has 4 N–H and O–H groups in total. The minimum Gasteiger partial charge on any atom is -0.461 e. The lowest BCUT2D eigenvalue weighted by Gasteiger charge is -2.30. The van der Waals surface area contributed by atoms with Crippen molar-refractivity contribution in [1.29, 1.82) is 0 Å². The Hall–Kier alpha value is -4.58. The molecule has 2 aromatic rings. The molecule has 2 aromatic carbocycles. The minimum atomic E-state index is -0.839. The molecule has 2 atom stereocenters. The number of anilines is 1. The minimum absolute atomic E-state index is 0.0305. The van der Waals surface area contributed by atoms with Crippen LogP contribution in [-0.4, -0.2) is 65.7 Å². The van der Waals surface area contributed by atoms with Gasteiger partial charge in [-0.1, -0.05) is 65.8 Å². The molecule has 0 aliphatic carbocycles. The molecule has 304 valence electrons. The maximum Gasteiger partial charge on any atom is 0.305 e. The van der Waals surface area contributed by atoms with E-state index in [-0.39, 0.29) is 55.0 Å². The van der Waals surface area contributed by atoms with Gasteiger partial charge in [-0.2, -0.15) is 0 Å². The molecule has 0 fully saturated rings. The molecule has 4 amide bonds. The van der Waals surface area contributed by atoms with Gasteiger partial charge in [-0.05, 0) is 95.0 Å². The van der Waals surface area contributed by atoms with Gasteiger partial charge in [-0.3, -0.25) is 28.8 Å². The zero-order chi connectivity index (χ0) is 41.3. The maximum absolute atomic E-state index is 13.1. The molecule has 0 bridgehead atoms. The van der Waals surface area contributed by atoms with Crippen molar-refractivity contribution in [2.45, 2.75) is 132 Å². The quantitative estimate of drug-likeness (QED) is 0.0711. The third kappa shape index (κ3) is 17.2. The van der Waals surface area contributed by atoms with Gasteiger partial charge < -0.3 is 30.7 Å². The number of hydrogen-bond donors (Lipinski definition) is 4. The fourth-order valence-electron chi connectivity index (χ4n) is 5.77. The number of esters is 1. The predicted octanol–water partition coefficient (Wildman–Crippen LogP) is 6.76. The van der Waals surface area contributed by atoms with Crippen LogP contribution in [-0.2, 0) is 35.3 Å². The smallest absolute Gasteiger partial charge is 0.305 e. The van der Waals surface area contributed by atoms with Crippen molar-refractivity contribution in [3.8, 4) is 0 Å². The fraction of sp³-hybridized carbons (Fsp3) is 0.581. The second-order valence-electron chi connectivity index (χ2n) is 16.1. The van der Waals surface area contributed by atoms with E-state index in [1.165, 1.54) is 0 Å². The van der Waals surface area contributed by atoms with E-state index in [0.717, 1.165) is 18.4 Å². The van der Waals surface area contributed by atoms with Crippen molar-refractivity contribution >= 4 is 41.1 Å². The zero-order valence-corrected chi connectivity index (χ0v) is 34.6. The van der Waals surface area contributed by atoms with E-state index in [1.54, 1.807) is 55.5 Å². The summed E-state index contributed by atoms with van der Waals surface area (Å²) in [5, 5.41) is 11.2. The van der Waals surface area contributed by atoms with E-state index in [2.05, 4.69) is 35.1 Å². The molecular formula is C43H64N4O8. The number of ketones is 1. The van der Waals surface area contributed by atoms with Gasteiger partial charge in [0, 0.05) is 47.7 Å². The number of carbonyl (C=O) groups excluding carboxylic acids is 6. The number of nitrogens with one attached hydrogen (secondary N) is 4. The Kier molecular flexibility index (Phi) is 18.7. The average Bonchev–Trinajstić information content (AvgIpc) is 3.12. The van der Waals surface area contributed by atoms with Gasteiger partial charge in [0.2, 0.25) is 17.7 Å². The number of Topliss-reactive ketones (excluding diaryl/α,β-unsaturated/α-hetero) is 1. The van der Waals surface area contributed by atoms with Crippen molar-refractivity contribution in [2.75, 3.05) is 18.5 Å². The Morgan fingerprint density at radius 2 is 1.40 bits per heavy atom. The lowest BCUT2D eigenvalue weighted by molar-refractivity contribution is -0.144. The average molecular weight is 765 g/mol. The number of amides is 4. The van der Waals surface area contributed by atoms with Gasteiger partial charge in [0.05, 0.1) is 12.1 Å². The van der Waals surface area contributed by atoms with Crippen LogP contribution in [0.15, 0.2) is 48.5 Å². The van der Waals surface area contributed by atoms with Crippen LogP contribution in [0, 0.1) is 17.8 Å². The third-order valence-electron chi connectivity index (χ3n) is 9.29. The number of hydrogen-bond acceptors (Lipinski definition) is 8. The number of ether oxygens (including phenoxy) is 2. The second-order valence-corrected chi connectivity index (χ2v) is 16.1. The highest BCUT2D eigenvalue weighted by Crippen LogP contribution is 2.22. The highest BCUT2D eigenvalue weighted by molar-refractivity contribution is 6.00. The summed E-state index contributed by atoms with van der Waals surface area (Å²) in [6, 6.07) is 12.8. The van der Waals surface area contributed by atoms with E-state index in [1.807, 2.05) is 48.5 Å². The normalized spacial score (nSPS) is 12.8. The first-order chi connectivity index (χ1) is 25.8. The van der Waals surface area contributed by atoms with Crippen LogP contribution < -0.4 is 21.3 Å². The third-order valence-corrected chi connectivity index (χ3v) is 9.29. The molecule has 0 heterocycles. The van der Waals surface area contributed by atoms with E-state index in [9.17, 15) is 28.8 Å². The summed E-state index contributed by atoms with van der Waals surface area (Å²) in [5.74, 6) is -1.47. The fourth-order valence-corrected chi connectivity index (χ4v) is 5.77. The summed E-state index contributed by atoms with van der Waals surface area (Å²) >= 11 is 0. The summed E-state index contributed by atoms with van der Waals surface area (Å²) in [6.07, 6.45) is 2.93. The molecule has 0 radical (unpaired) electrons. The zero-order valence-electron chi connectivity index (χ0n) is 34.6. The molecule has 55 heavy (non-hydrogen) atoms. The number of benzene rings is 2. The van der Waals surface area contributed by atoms with E-state index in [4.69, 9.17) is 9.47 Å². The Balaban J connectivity index is 1.79. The van der Waals surface area contributed by atoms with Crippen LogP contribution >= 0.6 is 0 Å². The summed E-state index contributed by atoms with van der Waals surface area (Å²) in [5.41, 5.74) is 1.15. The maximum atomic E-state index is 13.1. The van der Waals surface area contributed by atoms with Gasteiger partial charge >= 0.3 is 5.97 Å². The first-order valence-corrected chi connectivity index (χ1v) is 19.5. The summed E-state index contributed by atoms with van der Waals surface area (Å²) in [6.45, 7) is 19.4. The molecule has 0 saturated heterocycles. The van der Waals surface area contributed by atoms with Crippen molar-refractivity contribution in [3.63, 3.8) is 0 Å². The predicted molar refractivity (Wildman–Crippen MR) is 214 cm³/mol. The Morgan fingerprint density at radius 3 is 1.96 bits per heavy atom. The summed E-state index contributed by atoms with van der Waals surface area (Å²) in [4.78, 5) is 75.8. The lowest BCUT2D eigenvalue weighted by atomic mass is 9.87. The molecule has 0 saturated carbocycles. The molecule has 0 aromatic heterocycles. The highest BCUT2D eigenvalue weighted by atomic mass is 16.5. The number of rotatable bonds is 23. The van der Waals surface area contributed by atoms with Gasteiger partial charge in [-0.15, -0.1) is 0 Å². The van der Waals surface area contributed by atoms with Crippen LogP contribution in [0.25, 0.3) is 0 Å². The van der Waals surface area contributed by atoms with Crippen molar-refractivity contribution in [3.05, 3.63) is 65.2 Å². The van der Waals surface area contributed by atoms with Crippen molar-refractivity contribution in [2.24, 2.45) is 17.8 Å². The van der Waals surface area contributed by atoms with Crippen LogP contribution in [0.3, 0.4) is 0 Å². The first kappa shape index (κ1) is 46.6. The highest BCUT2D eigenvalue weighted by Gasteiger charge is 2.28. The van der Waals surface area contributed by atoms with E-state index < -0.39 is 29.0 Å². The van der Waals surface area contributed by atoms with Gasteiger partial charge in [0.25, 0.3) is 5.91 Å². The Morgan fingerprint density at radius 1 is 0.782 bits per heavy atom. The molecule has 12 nitrogen and oxygen atoms in total. The molecule has 2 rings (SSSR count). The van der Waals surface area contributed by atoms with Crippen LogP contribution in [0.1, 0.15) is 134 Å². The molecule has 2 unspecified atom stereocenters. The van der Waals surface area contributed by atoms with Crippen LogP contribution in [0.5, 0.6) is 0 Å². The van der Waals surface area contributed by atoms with E-state index in [0.29, 0.717) is 48.6 Å². The molecule has 0 aliphatic heterocycles. The lowest BCUT2D eigenvalue weighted by Crippen LogP contribution is -2.51. The Bertz CT molecular complexity index is 1580. The summed E-state index contributed by atoms with van der Waals surface area (Å²) in [7, 11) is 0. The molecular weight excluding hydrogens is 700 g/mol. The van der Waals surface area contributed by atoms with Crippen molar-refractivity contribution in [1.82, 2.24) is 16.0 Å². The Labute approximate surface area is 327 Å². The van der Waals surface area contributed by atoms with E-state index >= 15 is 0 Å². The second kappa shape index (κ2) is 22.1. The standard InChI is InChI=1S/C43H64N4O8/c1-11-31(25-28(3)4)39(51)32-15-17-33(18-16-32)40(52)47-42(7,8)23-24-55-43(9,10)22-21-35(48)46-38(29(5)6)41(53)44-26-36(49)45-34-19-13-30(14-20-34)27-54-37(50)12-2/h13-20,28-29,31,38H,11-12,21-27H2,1-10H3,(H,44,53)(H,45,49)(H,46,48)(H,47,52). The van der Waals surface area contributed by atoms with Gasteiger partial charge in [0.1, 0.15) is 12.6 Å². The van der Waals surface area contributed by atoms with Crippen LogP contribution in [0.2, 0.25) is 0 Å². The van der Waals surface area contributed by atoms with Gasteiger partial charge in [-0.25, -0.2) is 0 Å². The van der Waals surface area contributed by atoms with Crippen LogP contribution in [0.4, 0.5) is 5.69 Å². The number of carbonyl (C=O) groups is 6. The molecule has 12 heteroatoms. The first-order valence-electron chi connectivity index (χ1n) is 19.5. The largest absolute Gasteiger partial charge is 0.461 e. The summed E-state index contributed by atoms with van der Waals surface area (Å²) < 4.78 is 11.2. The SMILES string of the molecule is CCC(=O)OCc1ccc(NC(=O)CNC(=O)C(NC(=O)CCC(C)(C)OCCC(C)(C)NC(=O)c2ccc(C(=O)C(CC)CC(C)C)cc2)C(C)C)cc1. The monoisotopic (exact) mass is 764 g/mol. The molecule has 0 aliphatic rings.